The van der Waals surface area contributed by atoms with Gasteiger partial charge in [0.1, 0.15) is 28.4 Å². The van der Waals surface area contributed by atoms with Crippen LogP contribution in [0, 0.1) is 20.8 Å². The number of aromatic nitrogens is 2. The summed E-state index contributed by atoms with van der Waals surface area (Å²) in [5.74, 6) is -1.09. The first-order chi connectivity index (χ1) is 18.6. The molecule has 5 rings (SSSR count). The number of rotatable bonds is 7. The van der Waals surface area contributed by atoms with Crippen LogP contribution in [0.15, 0.2) is 71.7 Å². The van der Waals surface area contributed by atoms with Crippen molar-refractivity contribution in [2.45, 2.75) is 39.9 Å². The van der Waals surface area contributed by atoms with E-state index in [1.54, 1.807) is 26.0 Å². The molecule has 0 aliphatic carbocycles. The van der Waals surface area contributed by atoms with Gasteiger partial charge in [0.05, 0.1) is 5.69 Å². The lowest BCUT2D eigenvalue weighted by Crippen LogP contribution is -2.46. The molecular weight excluding hydrogens is 494 g/mol. The molecule has 0 saturated carbocycles. The highest BCUT2D eigenvalue weighted by Crippen LogP contribution is 2.32. The van der Waals surface area contributed by atoms with Gasteiger partial charge in [-0.3, -0.25) is 14.2 Å². The third kappa shape index (κ3) is 4.63. The summed E-state index contributed by atoms with van der Waals surface area (Å²) in [7, 11) is 0. The summed E-state index contributed by atoms with van der Waals surface area (Å²) >= 11 is 0. The zero-order valence-corrected chi connectivity index (χ0v) is 22.1. The number of nitrogens with zero attached hydrogens (tertiary/aromatic N) is 2. The second-order valence-corrected chi connectivity index (χ2v) is 9.94. The van der Waals surface area contributed by atoms with Crippen molar-refractivity contribution in [3.05, 3.63) is 116 Å². The van der Waals surface area contributed by atoms with Crippen molar-refractivity contribution in [3.8, 4) is 0 Å². The van der Waals surface area contributed by atoms with E-state index in [9.17, 15) is 19.5 Å². The molecule has 1 aliphatic heterocycles. The third-order valence-corrected chi connectivity index (χ3v) is 7.20. The molecule has 2 aromatic carbocycles. The van der Waals surface area contributed by atoms with Gasteiger partial charge in [0.25, 0.3) is 11.5 Å². The van der Waals surface area contributed by atoms with E-state index in [2.05, 4.69) is 27.0 Å². The zero-order valence-electron chi connectivity index (χ0n) is 22.1. The Labute approximate surface area is 225 Å². The predicted molar refractivity (Wildman–Crippen MR) is 150 cm³/mol. The van der Waals surface area contributed by atoms with Gasteiger partial charge in [-0.2, -0.15) is 0 Å². The molecule has 0 fully saturated rings. The van der Waals surface area contributed by atoms with Crippen LogP contribution in [-0.2, 0) is 12.2 Å². The Morgan fingerprint density at radius 3 is 2.41 bits per heavy atom. The lowest BCUT2D eigenvalue weighted by molar-refractivity contribution is 0.0697. The van der Waals surface area contributed by atoms with Crippen LogP contribution in [-0.4, -0.2) is 26.5 Å². The van der Waals surface area contributed by atoms with E-state index in [0.717, 1.165) is 11.1 Å². The molecule has 1 atom stereocenters. The van der Waals surface area contributed by atoms with Gasteiger partial charge in [0, 0.05) is 18.8 Å². The van der Waals surface area contributed by atoms with Crippen LogP contribution in [0.1, 0.15) is 55.6 Å². The highest BCUT2D eigenvalue weighted by molar-refractivity contribution is 5.98. The van der Waals surface area contributed by atoms with Crippen molar-refractivity contribution in [1.29, 1.82) is 0 Å². The number of anilines is 3. The number of amides is 1. The van der Waals surface area contributed by atoms with Gasteiger partial charge in [0.15, 0.2) is 0 Å². The standard InChI is InChI=1S/C30H29N5O4/c1-17-10-11-20(12-18(17)2)15-31-25-14-23(22(16-32-25)29(38)39)33-24-13-19(3)26-27(36)34-30(4,35(26)28(24)37)21-8-6-5-7-9-21/h5-14,16H,15H2,1-4H3,(H,34,36)(H,38,39)(H2,31,32,33). The predicted octanol–water partition coefficient (Wildman–Crippen LogP) is 4.69. The SMILES string of the molecule is Cc1ccc(CNc2cc(Nc3cc(C)c4n(c3=O)C(C)(c3ccccc3)NC4=O)c(C(=O)O)cn2)cc1C. The van der Waals surface area contributed by atoms with Gasteiger partial charge >= 0.3 is 5.97 Å². The lowest BCUT2D eigenvalue weighted by Gasteiger charge is -2.28. The third-order valence-electron chi connectivity index (χ3n) is 7.20. The van der Waals surface area contributed by atoms with Crippen molar-refractivity contribution in [1.82, 2.24) is 14.9 Å². The van der Waals surface area contributed by atoms with Crippen LogP contribution in [0.2, 0.25) is 0 Å². The molecule has 0 bridgehead atoms. The summed E-state index contributed by atoms with van der Waals surface area (Å²) < 4.78 is 1.43. The maximum atomic E-state index is 13.8. The maximum absolute atomic E-state index is 13.8. The Kier molecular flexibility index (Phi) is 6.43. The molecule has 0 radical (unpaired) electrons. The molecular formula is C30H29N5O4. The minimum atomic E-state index is -1.19. The van der Waals surface area contributed by atoms with Crippen LogP contribution < -0.4 is 21.5 Å². The van der Waals surface area contributed by atoms with Crippen LogP contribution in [0.4, 0.5) is 17.2 Å². The number of aromatic carboxylic acids is 1. The number of carboxylic acid groups (broad SMARTS) is 1. The van der Waals surface area contributed by atoms with Crippen molar-refractivity contribution in [2.24, 2.45) is 0 Å². The highest BCUT2D eigenvalue weighted by Gasteiger charge is 2.42. The topological polar surface area (TPSA) is 125 Å². The van der Waals surface area contributed by atoms with Crippen LogP contribution in [0.3, 0.4) is 0 Å². The quantitative estimate of drug-likeness (QED) is 0.277. The number of carbonyl (C=O) groups excluding carboxylic acids is 1. The number of nitrogens with one attached hydrogen (secondary N) is 3. The maximum Gasteiger partial charge on any atom is 0.339 e. The van der Waals surface area contributed by atoms with Gasteiger partial charge in [0.2, 0.25) is 0 Å². The summed E-state index contributed by atoms with van der Waals surface area (Å²) in [6.07, 6.45) is 1.25. The van der Waals surface area contributed by atoms with Crippen LogP contribution in [0.25, 0.3) is 0 Å². The number of pyridine rings is 2. The van der Waals surface area contributed by atoms with Crippen molar-refractivity contribution >= 4 is 29.1 Å². The van der Waals surface area contributed by atoms with Gasteiger partial charge in [-0.15, -0.1) is 0 Å². The molecule has 1 unspecified atom stereocenters. The van der Waals surface area contributed by atoms with E-state index in [4.69, 9.17) is 0 Å². The fourth-order valence-corrected chi connectivity index (χ4v) is 4.92. The van der Waals surface area contributed by atoms with E-state index in [1.807, 2.05) is 56.3 Å². The molecule has 3 heterocycles. The molecule has 1 aliphatic rings. The fraction of sp³-hybridized carbons (Fsp3) is 0.200. The summed E-state index contributed by atoms with van der Waals surface area (Å²) in [5, 5.41) is 19.0. The minimum Gasteiger partial charge on any atom is -0.478 e. The molecule has 4 N–H and O–H groups in total. The number of fused-ring (bicyclic) bond motifs is 1. The van der Waals surface area contributed by atoms with Crippen molar-refractivity contribution in [3.63, 3.8) is 0 Å². The Morgan fingerprint density at radius 1 is 0.974 bits per heavy atom. The Hall–Kier alpha value is -4.92. The number of carbonyl (C=O) groups is 2. The Balaban J connectivity index is 1.53. The van der Waals surface area contributed by atoms with Crippen molar-refractivity contribution < 1.29 is 14.7 Å². The van der Waals surface area contributed by atoms with Gasteiger partial charge in [-0.1, -0.05) is 48.5 Å². The molecule has 0 spiro atoms. The molecule has 198 valence electrons. The second kappa shape index (κ2) is 9.75. The van der Waals surface area contributed by atoms with E-state index in [1.165, 1.54) is 21.9 Å². The van der Waals surface area contributed by atoms with Crippen LogP contribution in [0.5, 0.6) is 0 Å². The van der Waals surface area contributed by atoms with Crippen LogP contribution >= 0.6 is 0 Å². The van der Waals surface area contributed by atoms with E-state index in [-0.39, 0.29) is 28.5 Å². The molecule has 2 aromatic heterocycles. The minimum absolute atomic E-state index is 0.0886. The largest absolute Gasteiger partial charge is 0.478 e. The number of carboxylic acids is 1. The number of benzene rings is 2. The summed E-state index contributed by atoms with van der Waals surface area (Å²) in [6, 6.07) is 18.5. The van der Waals surface area contributed by atoms with Gasteiger partial charge in [-0.25, -0.2) is 9.78 Å². The first kappa shape index (κ1) is 25.7. The van der Waals surface area contributed by atoms with E-state index < -0.39 is 17.2 Å². The van der Waals surface area contributed by atoms with E-state index >= 15 is 0 Å². The average molecular weight is 524 g/mol. The monoisotopic (exact) mass is 523 g/mol. The first-order valence-corrected chi connectivity index (χ1v) is 12.5. The molecule has 39 heavy (non-hydrogen) atoms. The Morgan fingerprint density at radius 2 is 1.72 bits per heavy atom. The summed E-state index contributed by atoms with van der Waals surface area (Å²) in [5.41, 5.74) is 3.70. The van der Waals surface area contributed by atoms with Crippen molar-refractivity contribution in [2.75, 3.05) is 10.6 Å². The van der Waals surface area contributed by atoms with Gasteiger partial charge < -0.3 is 21.1 Å². The fourth-order valence-electron chi connectivity index (χ4n) is 4.92. The molecule has 1 amide bonds. The number of hydrogen-bond donors (Lipinski definition) is 4. The number of hydrogen-bond acceptors (Lipinski definition) is 6. The average Bonchev–Trinajstić information content (AvgIpc) is 3.20. The highest BCUT2D eigenvalue weighted by atomic mass is 16.4. The summed E-state index contributed by atoms with van der Waals surface area (Å²) in [6.45, 7) is 8.10. The van der Waals surface area contributed by atoms with E-state index in [0.29, 0.717) is 17.9 Å². The smallest absolute Gasteiger partial charge is 0.339 e. The first-order valence-electron chi connectivity index (χ1n) is 12.5. The Bertz CT molecular complexity index is 1680. The zero-order chi connectivity index (χ0) is 27.9. The second-order valence-electron chi connectivity index (χ2n) is 9.94. The molecule has 9 heteroatoms. The molecule has 9 nitrogen and oxygen atoms in total. The number of aryl methyl sites for hydroxylation is 3. The molecule has 0 saturated heterocycles. The summed E-state index contributed by atoms with van der Waals surface area (Å²) in [4.78, 5) is 43.0. The van der Waals surface area contributed by atoms with Gasteiger partial charge in [-0.05, 0) is 61.6 Å². The lowest BCUT2D eigenvalue weighted by atomic mass is 10.0. The normalized spacial score (nSPS) is 15.9. The molecule has 4 aromatic rings.